The third-order valence-electron chi connectivity index (χ3n) is 3.29. The van der Waals surface area contributed by atoms with Gasteiger partial charge in [-0.15, -0.1) is 0 Å². The fraction of sp³-hybridized carbons (Fsp3) is 0.565. The third kappa shape index (κ3) is 16.9. The first kappa shape index (κ1) is 29.7. The molecule has 0 saturated carbocycles. The fourth-order valence-corrected chi connectivity index (χ4v) is 1.13. The predicted molar refractivity (Wildman–Crippen MR) is 114 cm³/mol. The van der Waals surface area contributed by atoms with Gasteiger partial charge >= 0.3 is 0 Å². The lowest BCUT2D eigenvalue weighted by Gasteiger charge is -1.92. The zero-order chi connectivity index (χ0) is 15.4. The van der Waals surface area contributed by atoms with Gasteiger partial charge in [-0.25, -0.2) is 0 Å². The van der Waals surface area contributed by atoms with E-state index in [-0.39, 0.29) is 22.3 Å². The molecule has 0 aromatic heterocycles. The van der Waals surface area contributed by atoms with Crippen LogP contribution in [-0.4, -0.2) is 0 Å². The van der Waals surface area contributed by atoms with Crippen LogP contribution in [0.3, 0.4) is 0 Å². The number of hydrogen-bond acceptors (Lipinski definition) is 0. The minimum absolute atomic E-state index is 0. The molecule has 0 fully saturated rings. The average molecular weight is 321 g/mol. The second kappa shape index (κ2) is 18.7. The minimum atomic E-state index is 0. The molecule has 136 valence electrons. The first-order chi connectivity index (χ1) is 9.51. The Morgan fingerprint density at radius 1 is 0.565 bits per heavy atom. The van der Waals surface area contributed by atoms with Gasteiger partial charge in [0.2, 0.25) is 0 Å². The van der Waals surface area contributed by atoms with Crippen LogP contribution >= 0.6 is 0 Å². The summed E-state index contributed by atoms with van der Waals surface area (Å²) in [5.74, 6) is 1.77. The summed E-state index contributed by atoms with van der Waals surface area (Å²) < 4.78 is 0. The zero-order valence-corrected chi connectivity index (χ0v) is 14.2. The van der Waals surface area contributed by atoms with E-state index in [0.717, 1.165) is 11.8 Å². The first-order valence-corrected chi connectivity index (χ1v) is 7.94. The molecular formula is C23H44. The topological polar surface area (TPSA) is 0 Å². The molecule has 23 heavy (non-hydrogen) atoms. The summed E-state index contributed by atoms with van der Waals surface area (Å²) >= 11 is 0. The summed E-state index contributed by atoms with van der Waals surface area (Å²) in [5.41, 5.74) is 0. The van der Waals surface area contributed by atoms with Gasteiger partial charge in [-0.2, -0.15) is 0 Å². The van der Waals surface area contributed by atoms with Gasteiger partial charge in [0, 0.05) is 0 Å². The average Bonchev–Trinajstić information content (AvgIpc) is 2.48. The van der Waals surface area contributed by atoms with Crippen LogP contribution in [0.4, 0.5) is 0 Å². The molecular weight excluding hydrogens is 276 g/mol. The summed E-state index contributed by atoms with van der Waals surface area (Å²) in [7, 11) is 0. The van der Waals surface area contributed by atoms with Crippen molar-refractivity contribution >= 4 is 10.8 Å². The Balaban J connectivity index is -0.000000123. The van der Waals surface area contributed by atoms with Crippen LogP contribution in [0.1, 0.15) is 76.7 Å². The molecule has 0 heterocycles. The molecule has 2 aromatic carbocycles. The molecule has 0 atom stereocenters. The van der Waals surface area contributed by atoms with E-state index in [1.807, 2.05) is 0 Å². The van der Waals surface area contributed by atoms with E-state index in [2.05, 4.69) is 90.1 Å². The number of hydrogen-bond donors (Lipinski definition) is 0. The summed E-state index contributed by atoms with van der Waals surface area (Å²) in [6, 6.07) is 16.7. The Labute approximate surface area is 148 Å². The van der Waals surface area contributed by atoms with E-state index in [0.29, 0.717) is 0 Å². The Morgan fingerprint density at radius 3 is 0.870 bits per heavy atom. The second-order valence-corrected chi connectivity index (χ2v) is 5.95. The summed E-state index contributed by atoms with van der Waals surface area (Å²) in [4.78, 5) is 0. The third-order valence-corrected chi connectivity index (χ3v) is 3.29. The smallest absolute Gasteiger partial charge is 0.0184 e. The Bertz CT molecular complexity index is 367. The molecule has 0 saturated heterocycles. The van der Waals surface area contributed by atoms with Crippen molar-refractivity contribution < 1.29 is 0 Å². The summed E-state index contributed by atoms with van der Waals surface area (Å²) in [6.07, 6.45) is 2.61. The van der Waals surface area contributed by atoms with E-state index in [9.17, 15) is 0 Å². The van der Waals surface area contributed by atoms with Crippen LogP contribution in [0.2, 0.25) is 0 Å². The van der Waals surface area contributed by atoms with Crippen molar-refractivity contribution in [2.75, 3.05) is 0 Å². The molecule has 2 rings (SSSR count). The second-order valence-electron chi connectivity index (χ2n) is 5.95. The van der Waals surface area contributed by atoms with Crippen molar-refractivity contribution in [1.29, 1.82) is 0 Å². The van der Waals surface area contributed by atoms with E-state index in [1.54, 1.807) is 0 Å². The van der Waals surface area contributed by atoms with E-state index < -0.39 is 0 Å². The highest BCUT2D eigenvalue weighted by Gasteiger charge is 1.85. The van der Waals surface area contributed by atoms with Crippen molar-refractivity contribution in [3.63, 3.8) is 0 Å². The van der Waals surface area contributed by atoms with Gasteiger partial charge in [-0.1, -0.05) is 125 Å². The highest BCUT2D eigenvalue weighted by atomic mass is 13.9. The quantitative estimate of drug-likeness (QED) is 0.518. The van der Waals surface area contributed by atoms with E-state index in [1.165, 1.54) is 23.6 Å². The maximum atomic E-state index is 2.22. The molecule has 2 aromatic rings. The first-order valence-electron chi connectivity index (χ1n) is 7.94. The summed E-state index contributed by atoms with van der Waals surface area (Å²) in [5, 5.41) is 2.62. The lowest BCUT2D eigenvalue weighted by atomic mass is 10.1. The SMILES string of the molecule is C.C.C.CCC(C)C.CCC(C)C.c1ccc2ccccc2c1. The van der Waals surface area contributed by atoms with Crippen LogP contribution in [0.15, 0.2) is 48.5 Å². The molecule has 0 bridgehead atoms. The fourth-order valence-electron chi connectivity index (χ4n) is 1.13. The summed E-state index contributed by atoms with van der Waals surface area (Å²) in [6.45, 7) is 13.3. The van der Waals surface area contributed by atoms with Gasteiger partial charge in [0.05, 0.1) is 0 Å². The normalized spacial score (nSPS) is 8.52. The lowest BCUT2D eigenvalue weighted by Crippen LogP contribution is -1.77. The molecule has 0 amide bonds. The minimum Gasteiger partial charge on any atom is -0.0776 e. The van der Waals surface area contributed by atoms with Crippen LogP contribution in [0.5, 0.6) is 0 Å². The lowest BCUT2D eigenvalue weighted by molar-refractivity contribution is 0.626. The van der Waals surface area contributed by atoms with Crippen LogP contribution in [0.25, 0.3) is 10.8 Å². The van der Waals surface area contributed by atoms with Gasteiger partial charge in [-0.05, 0) is 22.6 Å². The molecule has 0 radical (unpaired) electrons. The van der Waals surface area contributed by atoms with Gasteiger partial charge in [-0.3, -0.25) is 0 Å². The van der Waals surface area contributed by atoms with E-state index in [4.69, 9.17) is 0 Å². The predicted octanol–water partition coefficient (Wildman–Crippen LogP) is 8.85. The highest BCUT2D eigenvalue weighted by molar-refractivity contribution is 5.81. The molecule has 0 heteroatoms. The Kier molecular flexibility index (Phi) is 24.2. The molecule has 0 aliphatic carbocycles. The standard InChI is InChI=1S/C10H8.2C5H12.3CH4/c1-2-6-10-8-4-3-7-9(10)5-1;2*1-4-5(2)3;;;/h1-8H;2*5H,4H2,1-3H3;3*1H4. The molecule has 0 aliphatic heterocycles. The largest absolute Gasteiger partial charge is 0.0776 e. The van der Waals surface area contributed by atoms with E-state index >= 15 is 0 Å². The van der Waals surface area contributed by atoms with Crippen LogP contribution < -0.4 is 0 Å². The van der Waals surface area contributed by atoms with Crippen molar-refractivity contribution in [2.45, 2.75) is 76.7 Å². The van der Waals surface area contributed by atoms with Gasteiger partial charge in [0.25, 0.3) is 0 Å². The highest BCUT2D eigenvalue weighted by Crippen LogP contribution is 2.11. The van der Waals surface area contributed by atoms with Crippen molar-refractivity contribution in [3.8, 4) is 0 Å². The molecule has 0 aliphatic rings. The van der Waals surface area contributed by atoms with Crippen molar-refractivity contribution in [3.05, 3.63) is 48.5 Å². The maximum Gasteiger partial charge on any atom is -0.0184 e. The monoisotopic (exact) mass is 320 g/mol. The van der Waals surface area contributed by atoms with Crippen LogP contribution in [-0.2, 0) is 0 Å². The molecule has 0 spiro atoms. The van der Waals surface area contributed by atoms with Gasteiger partial charge in [0.15, 0.2) is 0 Å². The van der Waals surface area contributed by atoms with Gasteiger partial charge in [0.1, 0.15) is 0 Å². The van der Waals surface area contributed by atoms with Crippen LogP contribution in [0, 0.1) is 11.8 Å². The molecule has 0 N–H and O–H groups in total. The maximum absolute atomic E-state index is 2.22. The number of benzene rings is 2. The zero-order valence-electron chi connectivity index (χ0n) is 14.2. The number of fused-ring (bicyclic) bond motifs is 1. The Hall–Kier alpha value is -1.30. The Morgan fingerprint density at radius 2 is 0.739 bits per heavy atom. The van der Waals surface area contributed by atoms with Crippen molar-refractivity contribution in [2.24, 2.45) is 11.8 Å². The molecule has 0 unspecified atom stereocenters. The number of rotatable bonds is 2. The van der Waals surface area contributed by atoms with Crippen molar-refractivity contribution in [1.82, 2.24) is 0 Å². The van der Waals surface area contributed by atoms with Gasteiger partial charge < -0.3 is 0 Å². The molecule has 0 nitrogen and oxygen atoms in total.